The van der Waals surface area contributed by atoms with Crippen molar-refractivity contribution in [2.75, 3.05) is 0 Å². The molecule has 2 heteroatoms. The number of carboxylic acids is 1. The van der Waals surface area contributed by atoms with Gasteiger partial charge in [0.2, 0.25) is 0 Å². The molecule has 2 rings (SSSR count). The number of rotatable bonds is 4. The predicted octanol–water partition coefficient (Wildman–Crippen LogP) is 4.15. The fourth-order valence-corrected chi connectivity index (χ4v) is 2.80. The summed E-state index contributed by atoms with van der Waals surface area (Å²) in [6, 6.07) is 8.29. The molecule has 0 bridgehead atoms. The van der Waals surface area contributed by atoms with E-state index in [2.05, 4.69) is 39.0 Å². The van der Waals surface area contributed by atoms with Gasteiger partial charge in [0.05, 0.1) is 5.92 Å². The molecule has 0 radical (unpaired) electrons. The lowest BCUT2D eigenvalue weighted by Crippen LogP contribution is -2.21. The second kappa shape index (κ2) is 5.20. The largest absolute Gasteiger partial charge is 0.481 e. The van der Waals surface area contributed by atoms with E-state index in [0.717, 1.165) is 6.42 Å². The molecule has 0 aromatic heterocycles. The van der Waals surface area contributed by atoms with Gasteiger partial charge in [0, 0.05) is 0 Å². The first kappa shape index (κ1) is 13.9. The van der Waals surface area contributed by atoms with Gasteiger partial charge in [-0.15, -0.1) is 0 Å². The Bertz CT molecular complexity index is 506. The quantitative estimate of drug-likeness (QED) is 0.880. The molecule has 1 aromatic rings. The van der Waals surface area contributed by atoms with Crippen LogP contribution in [0, 0.1) is 11.3 Å². The Morgan fingerprint density at radius 3 is 2.63 bits per heavy atom. The lowest BCUT2D eigenvalue weighted by molar-refractivity contribution is -0.142. The molecule has 1 N–H and O–H groups in total. The van der Waals surface area contributed by atoms with E-state index in [1.807, 2.05) is 12.1 Å². The number of hydrogen-bond donors (Lipinski definition) is 1. The highest BCUT2D eigenvalue weighted by Gasteiger charge is 2.27. The Labute approximate surface area is 115 Å². The van der Waals surface area contributed by atoms with Crippen LogP contribution in [0.4, 0.5) is 0 Å². The average Bonchev–Trinajstić information content (AvgIpc) is 2.70. The summed E-state index contributed by atoms with van der Waals surface area (Å²) in [7, 11) is 0. The second-order valence-electron chi connectivity index (χ2n) is 6.59. The molecule has 19 heavy (non-hydrogen) atoms. The number of aliphatic carboxylic acids is 1. The standard InChI is InChI=1S/C17H22O2/c1-17(2,3)11-14(16(18)19)10-13-9-8-12-6-4-5-7-15(12)13/h4-7,9,14H,8,10-11H2,1-3H3,(H,18,19). The minimum Gasteiger partial charge on any atom is -0.481 e. The number of allylic oxidation sites excluding steroid dienone is 2. The average molecular weight is 258 g/mol. The number of hydrogen-bond acceptors (Lipinski definition) is 1. The van der Waals surface area contributed by atoms with Crippen LogP contribution < -0.4 is 0 Å². The molecule has 0 spiro atoms. The van der Waals surface area contributed by atoms with Crippen LogP contribution in [0.3, 0.4) is 0 Å². The van der Waals surface area contributed by atoms with Gasteiger partial charge in [-0.05, 0) is 41.4 Å². The minimum absolute atomic E-state index is 0.0434. The van der Waals surface area contributed by atoms with Crippen LogP contribution >= 0.6 is 0 Å². The van der Waals surface area contributed by atoms with Crippen molar-refractivity contribution >= 4 is 11.5 Å². The van der Waals surface area contributed by atoms with E-state index in [4.69, 9.17) is 0 Å². The van der Waals surface area contributed by atoms with Gasteiger partial charge in [-0.25, -0.2) is 0 Å². The fourth-order valence-electron chi connectivity index (χ4n) is 2.80. The Hall–Kier alpha value is -1.57. The molecule has 1 aromatic carbocycles. The Kier molecular flexibility index (Phi) is 3.79. The normalized spacial score (nSPS) is 15.8. The molecular weight excluding hydrogens is 236 g/mol. The van der Waals surface area contributed by atoms with Crippen LogP contribution in [-0.4, -0.2) is 11.1 Å². The lowest BCUT2D eigenvalue weighted by atomic mass is 9.81. The summed E-state index contributed by atoms with van der Waals surface area (Å²) in [5.74, 6) is -0.974. The van der Waals surface area contributed by atoms with Gasteiger partial charge in [-0.1, -0.05) is 51.1 Å². The molecular formula is C17H22O2. The number of carbonyl (C=O) groups is 1. The van der Waals surface area contributed by atoms with Crippen LogP contribution in [0.2, 0.25) is 0 Å². The van der Waals surface area contributed by atoms with Gasteiger partial charge in [-0.2, -0.15) is 0 Å². The van der Waals surface area contributed by atoms with Crippen molar-refractivity contribution in [3.8, 4) is 0 Å². The van der Waals surface area contributed by atoms with E-state index >= 15 is 0 Å². The van der Waals surface area contributed by atoms with Crippen LogP contribution in [0.25, 0.3) is 5.57 Å². The summed E-state index contributed by atoms with van der Waals surface area (Å²) in [6.07, 6.45) is 4.47. The number of carboxylic acid groups (broad SMARTS) is 1. The first-order chi connectivity index (χ1) is 8.87. The maximum Gasteiger partial charge on any atom is 0.306 e. The first-order valence-electron chi connectivity index (χ1n) is 6.87. The molecule has 1 aliphatic carbocycles. The van der Waals surface area contributed by atoms with Crippen molar-refractivity contribution in [3.05, 3.63) is 41.5 Å². The third kappa shape index (κ3) is 3.46. The van der Waals surface area contributed by atoms with Crippen molar-refractivity contribution in [1.82, 2.24) is 0 Å². The molecule has 0 saturated carbocycles. The van der Waals surface area contributed by atoms with E-state index < -0.39 is 5.97 Å². The molecule has 1 aliphatic rings. The van der Waals surface area contributed by atoms with Crippen LogP contribution in [0.5, 0.6) is 0 Å². The first-order valence-corrected chi connectivity index (χ1v) is 6.87. The molecule has 0 fully saturated rings. The van der Waals surface area contributed by atoms with E-state index in [-0.39, 0.29) is 11.3 Å². The van der Waals surface area contributed by atoms with Gasteiger partial charge >= 0.3 is 5.97 Å². The van der Waals surface area contributed by atoms with Crippen LogP contribution in [-0.2, 0) is 11.2 Å². The van der Waals surface area contributed by atoms with Crippen molar-refractivity contribution in [2.45, 2.75) is 40.0 Å². The summed E-state index contributed by atoms with van der Waals surface area (Å²) in [6.45, 7) is 6.29. The minimum atomic E-state index is -0.680. The van der Waals surface area contributed by atoms with E-state index in [0.29, 0.717) is 12.8 Å². The van der Waals surface area contributed by atoms with Crippen molar-refractivity contribution in [3.63, 3.8) is 0 Å². The molecule has 0 aliphatic heterocycles. The molecule has 1 atom stereocenters. The van der Waals surface area contributed by atoms with E-state index in [9.17, 15) is 9.90 Å². The zero-order chi connectivity index (χ0) is 14.0. The van der Waals surface area contributed by atoms with Gasteiger partial charge < -0.3 is 5.11 Å². The Balaban J connectivity index is 2.14. The monoisotopic (exact) mass is 258 g/mol. The van der Waals surface area contributed by atoms with E-state index in [1.54, 1.807) is 0 Å². The van der Waals surface area contributed by atoms with E-state index in [1.165, 1.54) is 16.7 Å². The molecule has 0 heterocycles. The summed E-state index contributed by atoms with van der Waals surface area (Å²) in [5.41, 5.74) is 3.80. The summed E-state index contributed by atoms with van der Waals surface area (Å²) < 4.78 is 0. The highest BCUT2D eigenvalue weighted by molar-refractivity contribution is 5.78. The SMILES string of the molecule is CC(C)(C)CC(CC1=CCc2ccccc21)C(=O)O. The highest BCUT2D eigenvalue weighted by Crippen LogP contribution is 2.35. The fraction of sp³-hybridized carbons (Fsp3) is 0.471. The Morgan fingerprint density at radius 1 is 1.32 bits per heavy atom. The number of benzene rings is 1. The zero-order valence-corrected chi connectivity index (χ0v) is 11.9. The molecule has 0 amide bonds. The molecule has 102 valence electrons. The van der Waals surface area contributed by atoms with Gasteiger partial charge in [-0.3, -0.25) is 4.79 Å². The summed E-state index contributed by atoms with van der Waals surface area (Å²) >= 11 is 0. The second-order valence-corrected chi connectivity index (χ2v) is 6.59. The maximum atomic E-state index is 11.4. The van der Waals surface area contributed by atoms with Crippen molar-refractivity contribution in [1.29, 1.82) is 0 Å². The maximum absolute atomic E-state index is 11.4. The third-order valence-corrected chi connectivity index (χ3v) is 3.61. The van der Waals surface area contributed by atoms with Gasteiger partial charge in [0.15, 0.2) is 0 Å². The molecule has 1 unspecified atom stereocenters. The van der Waals surface area contributed by atoms with Crippen molar-refractivity contribution in [2.24, 2.45) is 11.3 Å². The summed E-state index contributed by atoms with van der Waals surface area (Å²) in [5, 5.41) is 9.42. The lowest BCUT2D eigenvalue weighted by Gasteiger charge is -2.23. The van der Waals surface area contributed by atoms with Gasteiger partial charge in [0.1, 0.15) is 0 Å². The third-order valence-electron chi connectivity index (χ3n) is 3.61. The molecule has 2 nitrogen and oxygen atoms in total. The highest BCUT2D eigenvalue weighted by atomic mass is 16.4. The predicted molar refractivity (Wildman–Crippen MR) is 77.9 cm³/mol. The molecule has 0 saturated heterocycles. The number of fused-ring (bicyclic) bond motifs is 1. The summed E-state index contributed by atoms with van der Waals surface area (Å²) in [4.78, 5) is 11.4. The zero-order valence-electron chi connectivity index (χ0n) is 11.9. The topological polar surface area (TPSA) is 37.3 Å². The Morgan fingerprint density at radius 2 is 2.00 bits per heavy atom. The van der Waals surface area contributed by atoms with Crippen LogP contribution in [0.15, 0.2) is 30.3 Å². The van der Waals surface area contributed by atoms with Crippen LogP contribution in [0.1, 0.15) is 44.7 Å². The van der Waals surface area contributed by atoms with Gasteiger partial charge in [0.25, 0.3) is 0 Å². The smallest absolute Gasteiger partial charge is 0.306 e. The van der Waals surface area contributed by atoms with Crippen molar-refractivity contribution < 1.29 is 9.90 Å².